The lowest BCUT2D eigenvalue weighted by Crippen LogP contribution is -2.20. The maximum Gasteiger partial charge on any atom is 0.416 e. The fourth-order valence-electron chi connectivity index (χ4n) is 3.78. The number of aromatic nitrogens is 2. The normalized spacial score (nSPS) is 11.8. The van der Waals surface area contributed by atoms with Crippen LogP contribution < -0.4 is 15.0 Å². The summed E-state index contributed by atoms with van der Waals surface area (Å²) in [7, 11) is 1.36. The van der Waals surface area contributed by atoms with Crippen molar-refractivity contribution in [1.29, 1.82) is 0 Å². The molecule has 0 unspecified atom stereocenters. The number of carbonyl (C=O) groups excluding carboxylic acids is 1. The summed E-state index contributed by atoms with van der Waals surface area (Å²) in [4.78, 5) is 29.8. The van der Waals surface area contributed by atoms with E-state index in [0.29, 0.717) is 15.6 Å². The van der Waals surface area contributed by atoms with Crippen molar-refractivity contribution in [3.8, 4) is 22.9 Å². The van der Waals surface area contributed by atoms with Gasteiger partial charge in [0.15, 0.2) is 23.9 Å². The van der Waals surface area contributed by atoms with Gasteiger partial charge >= 0.3 is 12.1 Å². The van der Waals surface area contributed by atoms with E-state index in [1.54, 1.807) is 38.1 Å². The number of nitrogens with zero attached hydrogens (tertiary/aromatic N) is 3. The quantitative estimate of drug-likeness (QED) is 0.155. The number of esters is 1. The molecule has 0 spiro atoms. The van der Waals surface area contributed by atoms with Gasteiger partial charge < -0.3 is 14.2 Å². The monoisotopic (exact) mass is 651 g/mol. The first-order valence-electron chi connectivity index (χ1n) is 12.0. The minimum atomic E-state index is -4.60. The molecule has 4 aromatic rings. The first-order valence-corrected chi connectivity index (χ1v) is 13.2. The van der Waals surface area contributed by atoms with E-state index in [0.717, 1.165) is 16.8 Å². The summed E-state index contributed by atoms with van der Waals surface area (Å²) in [6.07, 6.45) is -3.67. The number of hydrogen-bond acceptors (Lipinski definition) is 7. The van der Waals surface area contributed by atoms with E-state index in [4.69, 9.17) is 25.8 Å². The Labute approximate surface area is 245 Å². The zero-order valence-electron chi connectivity index (χ0n) is 21.8. The van der Waals surface area contributed by atoms with Crippen molar-refractivity contribution in [3.05, 3.63) is 85.6 Å². The Morgan fingerprint density at radius 1 is 1.17 bits per heavy atom. The highest BCUT2D eigenvalue weighted by Gasteiger charge is 2.31. The SMILES string of the molecule is COc1cc(C=Nn2c(-c3cccc(C(F)(F)F)c3)nc3ccccc3c2=O)c(Br)c(Cl)c1OCC(=O)OC(C)C. The summed E-state index contributed by atoms with van der Waals surface area (Å²) in [6.45, 7) is 2.97. The predicted molar refractivity (Wildman–Crippen MR) is 152 cm³/mol. The summed E-state index contributed by atoms with van der Waals surface area (Å²) >= 11 is 9.86. The van der Waals surface area contributed by atoms with Gasteiger partial charge in [0.05, 0.1) is 35.9 Å². The van der Waals surface area contributed by atoms with Crippen LogP contribution in [0.15, 0.2) is 69.0 Å². The lowest BCUT2D eigenvalue weighted by atomic mass is 10.1. The van der Waals surface area contributed by atoms with E-state index in [1.807, 2.05) is 0 Å². The maximum atomic E-state index is 13.4. The number of alkyl halides is 3. The third kappa shape index (κ3) is 6.71. The summed E-state index contributed by atoms with van der Waals surface area (Å²) < 4.78 is 57.5. The van der Waals surface area contributed by atoms with E-state index in [2.05, 4.69) is 26.0 Å². The van der Waals surface area contributed by atoms with Gasteiger partial charge in [-0.2, -0.15) is 22.9 Å². The number of para-hydroxylation sites is 1. The lowest BCUT2D eigenvalue weighted by molar-refractivity contribution is -0.149. The number of methoxy groups -OCH3 is 1. The molecule has 3 aromatic carbocycles. The minimum Gasteiger partial charge on any atom is -0.493 e. The predicted octanol–water partition coefficient (Wildman–Crippen LogP) is 6.72. The standard InChI is InChI=1S/C28H22BrClF3N3O5/c1-15(2)41-22(37)14-40-25-21(39-3)12-17(23(29)24(25)30)13-34-36-26(16-7-6-8-18(11-16)28(31,32)33)35-20-10-5-4-9-19(20)27(36)38/h4-13,15H,14H2,1-3H3. The Morgan fingerprint density at radius 2 is 1.90 bits per heavy atom. The Hall–Kier alpha value is -3.90. The zero-order chi connectivity index (χ0) is 29.9. The van der Waals surface area contributed by atoms with Crippen molar-refractivity contribution in [2.45, 2.75) is 26.1 Å². The number of rotatable bonds is 8. The molecule has 13 heteroatoms. The van der Waals surface area contributed by atoms with Crippen LogP contribution >= 0.6 is 27.5 Å². The Balaban J connectivity index is 1.81. The number of halogens is 5. The van der Waals surface area contributed by atoms with Gasteiger partial charge in [-0.25, -0.2) is 9.78 Å². The van der Waals surface area contributed by atoms with Gasteiger partial charge in [-0.1, -0.05) is 35.9 Å². The second-order valence-corrected chi connectivity index (χ2v) is 10.0. The third-order valence-corrected chi connectivity index (χ3v) is 7.03. The molecular formula is C28H22BrClF3N3O5. The first-order chi connectivity index (χ1) is 19.4. The lowest BCUT2D eigenvalue weighted by Gasteiger charge is -2.15. The molecule has 0 saturated carbocycles. The van der Waals surface area contributed by atoms with Crippen LogP contribution in [0.2, 0.25) is 5.02 Å². The molecule has 1 aromatic heterocycles. The number of benzene rings is 3. The fourth-order valence-corrected chi connectivity index (χ4v) is 4.44. The van der Waals surface area contributed by atoms with Crippen molar-refractivity contribution >= 4 is 50.6 Å². The highest BCUT2D eigenvalue weighted by molar-refractivity contribution is 9.10. The summed E-state index contributed by atoms with van der Waals surface area (Å²) in [5.41, 5.74) is -0.845. The van der Waals surface area contributed by atoms with Crippen LogP contribution in [0.3, 0.4) is 0 Å². The van der Waals surface area contributed by atoms with E-state index in [-0.39, 0.29) is 39.4 Å². The Kier molecular flexibility index (Phi) is 9.03. The van der Waals surface area contributed by atoms with E-state index in [9.17, 15) is 22.8 Å². The van der Waals surface area contributed by atoms with Gasteiger partial charge in [0, 0.05) is 15.6 Å². The van der Waals surface area contributed by atoms with Crippen LogP contribution in [0.1, 0.15) is 25.0 Å². The van der Waals surface area contributed by atoms with E-state index >= 15 is 0 Å². The van der Waals surface area contributed by atoms with Crippen molar-refractivity contribution in [2.24, 2.45) is 5.10 Å². The first kappa shape index (κ1) is 30.1. The van der Waals surface area contributed by atoms with E-state index < -0.39 is 29.9 Å². The molecule has 4 rings (SSSR count). The van der Waals surface area contributed by atoms with Gasteiger partial charge in [0.2, 0.25) is 0 Å². The second-order valence-electron chi connectivity index (χ2n) is 8.85. The molecule has 0 fully saturated rings. The number of ether oxygens (including phenoxy) is 3. The minimum absolute atomic E-state index is 0.0338. The molecule has 8 nitrogen and oxygen atoms in total. The molecule has 0 aliphatic heterocycles. The molecule has 0 radical (unpaired) electrons. The summed E-state index contributed by atoms with van der Waals surface area (Å²) in [6, 6.07) is 12.4. The van der Waals surface area contributed by atoms with Crippen LogP contribution in [-0.4, -0.2) is 41.7 Å². The van der Waals surface area contributed by atoms with Crippen LogP contribution in [0.25, 0.3) is 22.3 Å². The van der Waals surface area contributed by atoms with Crippen molar-refractivity contribution in [1.82, 2.24) is 9.66 Å². The van der Waals surface area contributed by atoms with Crippen LogP contribution in [0, 0.1) is 0 Å². The van der Waals surface area contributed by atoms with Crippen LogP contribution in [-0.2, 0) is 15.7 Å². The zero-order valence-corrected chi connectivity index (χ0v) is 24.2. The molecule has 1 heterocycles. The highest BCUT2D eigenvalue weighted by atomic mass is 79.9. The molecular weight excluding hydrogens is 631 g/mol. The smallest absolute Gasteiger partial charge is 0.416 e. The van der Waals surface area contributed by atoms with Crippen molar-refractivity contribution in [3.63, 3.8) is 0 Å². The average molecular weight is 653 g/mol. The summed E-state index contributed by atoms with van der Waals surface area (Å²) in [5.74, 6) is -0.494. The third-order valence-electron chi connectivity index (χ3n) is 5.59. The van der Waals surface area contributed by atoms with Gasteiger partial charge in [-0.05, 0) is 60.1 Å². The van der Waals surface area contributed by atoms with Crippen LogP contribution in [0.4, 0.5) is 13.2 Å². The maximum absolute atomic E-state index is 13.4. The Bertz CT molecular complexity index is 1710. The second kappa shape index (κ2) is 12.3. The molecule has 0 saturated heterocycles. The van der Waals surface area contributed by atoms with Gasteiger partial charge in [-0.3, -0.25) is 4.79 Å². The molecule has 0 aliphatic carbocycles. The topological polar surface area (TPSA) is 92.0 Å². The van der Waals surface area contributed by atoms with Gasteiger partial charge in [0.1, 0.15) is 5.02 Å². The number of carbonyl (C=O) groups is 1. The molecule has 214 valence electrons. The van der Waals surface area contributed by atoms with Crippen LogP contribution in [0.5, 0.6) is 11.5 Å². The molecule has 0 aliphatic rings. The fraction of sp³-hybridized carbons (Fsp3) is 0.214. The molecule has 0 N–H and O–H groups in total. The molecule has 41 heavy (non-hydrogen) atoms. The molecule has 0 atom stereocenters. The number of fused-ring (bicyclic) bond motifs is 1. The average Bonchev–Trinajstić information content (AvgIpc) is 2.93. The van der Waals surface area contributed by atoms with Gasteiger partial charge in [0.25, 0.3) is 5.56 Å². The number of hydrogen-bond donors (Lipinski definition) is 0. The largest absolute Gasteiger partial charge is 0.493 e. The van der Waals surface area contributed by atoms with Crippen molar-refractivity contribution < 1.29 is 32.2 Å². The molecule has 0 amide bonds. The highest BCUT2D eigenvalue weighted by Crippen LogP contribution is 2.42. The summed E-state index contributed by atoms with van der Waals surface area (Å²) in [5, 5.41) is 4.55. The van der Waals surface area contributed by atoms with Crippen molar-refractivity contribution in [2.75, 3.05) is 13.7 Å². The van der Waals surface area contributed by atoms with E-state index in [1.165, 1.54) is 31.5 Å². The molecule has 0 bridgehead atoms. The van der Waals surface area contributed by atoms with Gasteiger partial charge in [-0.15, -0.1) is 0 Å². The Morgan fingerprint density at radius 3 is 2.59 bits per heavy atom.